The number of halogens is 2. The van der Waals surface area contributed by atoms with Gasteiger partial charge in [-0.3, -0.25) is 4.79 Å². The summed E-state index contributed by atoms with van der Waals surface area (Å²) >= 11 is 6.93. The van der Waals surface area contributed by atoms with Gasteiger partial charge in [0.2, 0.25) is 5.88 Å². The lowest BCUT2D eigenvalue weighted by atomic mass is 10.1. The molecule has 0 radical (unpaired) electrons. The van der Waals surface area contributed by atoms with E-state index in [1.54, 1.807) is 30.3 Å². The van der Waals surface area contributed by atoms with Gasteiger partial charge in [-0.05, 0) is 42.0 Å². The molecule has 0 spiro atoms. The second-order valence-electron chi connectivity index (χ2n) is 5.92. The fourth-order valence-corrected chi connectivity index (χ4v) is 3.44. The van der Waals surface area contributed by atoms with E-state index < -0.39 is 11.9 Å². The summed E-state index contributed by atoms with van der Waals surface area (Å²) in [4.78, 5) is 16.1. The Morgan fingerprint density at radius 2 is 2.07 bits per heavy atom. The highest BCUT2D eigenvalue weighted by atomic mass is 35.5. The minimum absolute atomic E-state index is 0.00458. The normalized spacial score (nSPS) is 11.8. The molecule has 2 aromatic heterocycles. The van der Waals surface area contributed by atoms with E-state index in [0.29, 0.717) is 20.3 Å². The molecular weight excluding hydrogens is 405 g/mol. The first kappa shape index (κ1) is 20.1. The molecule has 0 unspecified atom stereocenters. The van der Waals surface area contributed by atoms with Crippen LogP contribution < -0.4 is 10.6 Å². The highest BCUT2D eigenvalue weighted by molar-refractivity contribution is 7.17. The second-order valence-corrected chi connectivity index (χ2v) is 7.63. The van der Waals surface area contributed by atoms with Crippen LogP contribution in [0.4, 0.5) is 10.1 Å². The van der Waals surface area contributed by atoms with Crippen LogP contribution in [-0.4, -0.2) is 40.3 Å². The summed E-state index contributed by atoms with van der Waals surface area (Å²) in [6.07, 6.45) is 0.527. The molecule has 6 nitrogen and oxygen atoms in total. The summed E-state index contributed by atoms with van der Waals surface area (Å²) in [5.74, 6) is -1.05. The smallest absolute Gasteiger partial charge is 0.261 e. The summed E-state index contributed by atoms with van der Waals surface area (Å²) in [5.41, 5.74) is 1.10. The van der Waals surface area contributed by atoms with Crippen molar-refractivity contribution in [3.05, 3.63) is 63.7 Å². The Morgan fingerprint density at radius 1 is 1.25 bits per heavy atom. The van der Waals surface area contributed by atoms with Gasteiger partial charge in [0.25, 0.3) is 5.91 Å². The summed E-state index contributed by atoms with van der Waals surface area (Å²) in [5, 5.41) is 25.2. The van der Waals surface area contributed by atoms with E-state index in [2.05, 4.69) is 15.6 Å². The average molecular weight is 422 g/mol. The third kappa shape index (κ3) is 4.98. The van der Waals surface area contributed by atoms with Gasteiger partial charge in [-0.25, -0.2) is 9.37 Å². The van der Waals surface area contributed by atoms with Gasteiger partial charge in [-0.15, -0.1) is 11.3 Å². The molecule has 1 aromatic carbocycles. The number of carbonyl (C=O) groups excluding carboxylic acids is 1. The van der Waals surface area contributed by atoms with Crippen molar-refractivity contribution in [3.63, 3.8) is 0 Å². The molecule has 0 fully saturated rings. The number of anilines is 1. The molecule has 1 atom stereocenters. The van der Waals surface area contributed by atoms with Crippen molar-refractivity contribution in [2.45, 2.75) is 6.10 Å². The van der Waals surface area contributed by atoms with E-state index in [-0.39, 0.29) is 30.6 Å². The number of carbonyl (C=O) groups is 1. The number of rotatable bonds is 7. The van der Waals surface area contributed by atoms with E-state index in [1.807, 2.05) is 0 Å². The Kier molecular flexibility index (Phi) is 6.45. The number of amides is 1. The zero-order chi connectivity index (χ0) is 20.1. The van der Waals surface area contributed by atoms with Crippen LogP contribution in [-0.2, 0) is 0 Å². The van der Waals surface area contributed by atoms with Crippen molar-refractivity contribution in [2.24, 2.45) is 0 Å². The zero-order valence-electron chi connectivity index (χ0n) is 14.5. The third-order valence-corrected chi connectivity index (χ3v) is 5.12. The van der Waals surface area contributed by atoms with Crippen molar-refractivity contribution in [3.8, 4) is 17.0 Å². The number of aromatic hydroxyl groups is 1. The van der Waals surface area contributed by atoms with E-state index >= 15 is 0 Å². The van der Waals surface area contributed by atoms with E-state index in [9.17, 15) is 19.4 Å². The minimum Gasteiger partial charge on any atom is -0.493 e. The van der Waals surface area contributed by atoms with Crippen LogP contribution in [0.5, 0.6) is 5.88 Å². The van der Waals surface area contributed by atoms with Crippen LogP contribution in [0.2, 0.25) is 4.34 Å². The number of hydrogen-bond acceptors (Lipinski definition) is 6. The highest BCUT2D eigenvalue weighted by Gasteiger charge is 2.13. The number of hydrogen-bond donors (Lipinski definition) is 4. The molecule has 0 saturated carbocycles. The van der Waals surface area contributed by atoms with E-state index in [0.717, 1.165) is 11.3 Å². The number of aromatic nitrogens is 1. The quantitative estimate of drug-likeness (QED) is 0.468. The lowest BCUT2D eigenvalue weighted by molar-refractivity contribution is 0.0926. The fourth-order valence-electron chi connectivity index (χ4n) is 2.48. The first-order chi connectivity index (χ1) is 13.4. The van der Waals surface area contributed by atoms with Gasteiger partial charge in [0, 0.05) is 24.8 Å². The molecule has 146 valence electrons. The summed E-state index contributed by atoms with van der Waals surface area (Å²) < 4.78 is 14.8. The number of pyridine rings is 1. The topological polar surface area (TPSA) is 94.5 Å². The van der Waals surface area contributed by atoms with Gasteiger partial charge in [0.1, 0.15) is 5.82 Å². The van der Waals surface area contributed by atoms with Crippen molar-refractivity contribution in [1.82, 2.24) is 10.3 Å². The maximum atomic E-state index is 14.3. The average Bonchev–Trinajstić information content (AvgIpc) is 3.12. The maximum Gasteiger partial charge on any atom is 0.261 e. The standard InChI is InChI=1S/C19H17ClFN3O3S/c20-17-6-5-16(28-17)19(27)24-10-12(25)9-23-15-4-3-11(8-14(15)21)13-2-1-7-22-18(13)26/h1-8,12,23,25H,9-10H2,(H,22,26)(H,24,27)/t12-/m1/s1. The molecule has 28 heavy (non-hydrogen) atoms. The monoisotopic (exact) mass is 421 g/mol. The van der Waals surface area contributed by atoms with Crippen molar-refractivity contribution >= 4 is 34.5 Å². The largest absolute Gasteiger partial charge is 0.493 e. The zero-order valence-corrected chi connectivity index (χ0v) is 16.1. The van der Waals surface area contributed by atoms with Gasteiger partial charge >= 0.3 is 0 Å². The Labute approximate surface area is 169 Å². The number of nitrogens with one attached hydrogen (secondary N) is 2. The summed E-state index contributed by atoms with van der Waals surface area (Å²) in [6.45, 7) is 0.0461. The Morgan fingerprint density at radius 3 is 2.75 bits per heavy atom. The number of nitrogens with zero attached hydrogens (tertiary/aromatic N) is 1. The van der Waals surface area contributed by atoms with Crippen molar-refractivity contribution < 1.29 is 19.4 Å². The molecule has 4 N–H and O–H groups in total. The maximum absolute atomic E-state index is 14.3. The van der Waals surface area contributed by atoms with Crippen LogP contribution >= 0.6 is 22.9 Å². The molecular formula is C19H17ClFN3O3S. The highest BCUT2D eigenvalue weighted by Crippen LogP contribution is 2.29. The predicted octanol–water partition coefficient (Wildman–Crippen LogP) is 3.51. The first-order valence-corrected chi connectivity index (χ1v) is 9.53. The van der Waals surface area contributed by atoms with Crippen LogP contribution in [0.25, 0.3) is 11.1 Å². The van der Waals surface area contributed by atoms with Crippen LogP contribution in [0, 0.1) is 5.82 Å². The molecule has 1 amide bonds. The first-order valence-electron chi connectivity index (χ1n) is 8.33. The molecule has 0 aliphatic heterocycles. The number of benzene rings is 1. The van der Waals surface area contributed by atoms with Crippen molar-refractivity contribution in [2.75, 3.05) is 18.4 Å². The Bertz CT molecular complexity index is 983. The SMILES string of the molecule is O=C(NC[C@H](O)CNc1ccc(-c2cccnc2O)cc1F)c1ccc(Cl)s1. The molecule has 3 aromatic rings. The Hall–Kier alpha value is -2.68. The second kappa shape index (κ2) is 9.01. The van der Waals surface area contributed by atoms with Gasteiger partial charge < -0.3 is 20.8 Å². The third-order valence-electron chi connectivity index (χ3n) is 3.89. The minimum atomic E-state index is -0.916. The number of thiophene rings is 1. The Balaban J connectivity index is 1.54. The molecule has 9 heteroatoms. The van der Waals surface area contributed by atoms with Crippen LogP contribution in [0.1, 0.15) is 9.67 Å². The molecule has 0 saturated heterocycles. The lowest BCUT2D eigenvalue weighted by Crippen LogP contribution is -2.35. The fraction of sp³-hybridized carbons (Fsp3) is 0.158. The molecule has 2 heterocycles. The van der Waals surface area contributed by atoms with Gasteiger partial charge in [0.15, 0.2) is 0 Å². The van der Waals surface area contributed by atoms with Gasteiger partial charge in [-0.2, -0.15) is 0 Å². The molecule has 0 aliphatic rings. The molecule has 0 aliphatic carbocycles. The number of aliphatic hydroxyl groups excluding tert-OH is 1. The van der Waals surface area contributed by atoms with E-state index in [1.165, 1.54) is 18.3 Å². The molecule has 0 bridgehead atoms. The predicted molar refractivity (Wildman–Crippen MR) is 107 cm³/mol. The molecule has 3 rings (SSSR count). The van der Waals surface area contributed by atoms with Crippen LogP contribution in [0.3, 0.4) is 0 Å². The van der Waals surface area contributed by atoms with Gasteiger partial charge in [0.05, 0.1) is 21.0 Å². The van der Waals surface area contributed by atoms with Crippen LogP contribution in [0.15, 0.2) is 48.7 Å². The van der Waals surface area contributed by atoms with Gasteiger partial charge in [-0.1, -0.05) is 17.7 Å². The van der Waals surface area contributed by atoms with Crippen molar-refractivity contribution in [1.29, 1.82) is 0 Å². The number of aliphatic hydroxyl groups is 1. The summed E-state index contributed by atoms with van der Waals surface area (Å²) in [6, 6.07) is 10.9. The van der Waals surface area contributed by atoms with E-state index in [4.69, 9.17) is 11.6 Å². The lowest BCUT2D eigenvalue weighted by Gasteiger charge is -2.14. The summed E-state index contributed by atoms with van der Waals surface area (Å²) in [7, 11) is 0.